The van der Waals surface area contributed by atoms with Crippen LogP contribution in [-0.4, -0.2) is 38.1 Å². The molecule has 1 fully saturated rings. The highest BCUT2D eigenvalue weighted by molar-refractivity contribution is 6.62. The number of benzene rings is 1. The van der Waals surface area contributed by atoms with Crippen LogP contribution in [-0.2, 0) is 16.4 Å². The molecule has 0 aliphatic carbocycles. The summed E-state index contributed by atoms with van der Waals surface area (Å²) in [7, 11) is 1.48. The number of rotatable bonds is 2. The van der Waals surface area contributed by atoms with Crippen LogP contribution in [0.4, 0.5) is 0 Å². The molecular formula is C18H21BN4O2. The van der Waals surface area contributed by atoms with Crippen molar-refractivity contribution in [3.8, 4) is 11.3 Å². The highest BCUT2D eigenvalue weighted by atomic mass is 16.7. The Balaban J connectivity index is 1.72. The summed E-state index contributed by atoms with van der Waals surface area (Å²) in [5.74, 6) is 0. The van der Waals surface area contributed by atoms with Gasteiger partial charge in [0, 0.05) is 18.8 Å². The monoisotopic (exact) mass is 336 g/mol. The van der Waals surface area contributed by atoms with E-state index in [-0.39, 0.29) is 11.2 Å². The van der Waals surface area contributed by atoms with Crippen LogP contribution in [0.3, 0.4) is 0 Å². The zero-order valence-electron chi connectivity index (χ0n) is 15.1. The first-order chi connectivity index (χ1) is 11.7. The van der Waals surface area contributed by atoms with E-state index in [2.05, 4.69) is 10.1 Å². The summed E-state index contributed by atoms with van der Waals surface area (Å²) in [6, 6.07) is 5.93. The third-order valence-electron chi connectivity index (χ3n) is 5.09. The molecule has 0 saturated carbocycles. The normalized spacial score (nSPS) is 18.8. The van der Waals surface area contributed by atoms with E-state index in [1.165, 1.54) is 0 Å². The lowest BCUT2D eigenvalue weighted by atomic mass is 9.79. The standard InChI is InChI=1S/C18H21BN4O2/c1-17(2)18(3,4)25-19(24-17)13-6-7-14-15(8-13)22-16(10-20-14)12-9-21-23(5)11-12/h6-11H,1-5H3. The second kappa shape index (κ2) is 5.38. The fourth-order valence-electron chi connectivity index (χ4n) is 2.85. The summed E-state index contributed by atoms with van der Waals surface area (Å²) in [6.45, 7) is 8.20. The van der Waals surface area contributed by atoms with Crippen LogP contribution in [0.5, 0.6) is 0 Å². The van der Waals surface area contributed by atoms with Gasteiger partial charge in [-0.25, -0.2) is 4.98 Å². The zero-order valence-corrected chi connectivity index (χ0v) is 15.1. The number of fused-ring (bicyclic) bond motifs is 1. The minimum atomic E-state index is -0.404. The fourth-order valence-corrected chi connectivity index (χ4v) is 2.85. The molecule has 25 heavy (non-hydrogen) atoms. The van der Waals surface area contributed by atoms with Crippen LogP contribution in [0.2, 0.25) is 0 Å². The van der Waals surface area contributed by atoms with Gasteiger partial charge in [-0.3, -0.25) is 9.67 Å². The van der Waals surface area contributed by atoms with Crippen molar-refractivity contribution in [1.29, 1.82) is 0 Å². The van der Waals surface area contributed by atoms with Crippen LogP contribution in [0.15, 0.2) is 36.8 Å². The Kier molecular flexibility index (Phi) is 3.49. The molecular weight excluding hydrogens is 315 g/mol. The van der Waals surface area contributed by atoms with Crippen LogP contribution in [0, 0.1) is 0 Å². The van der Waals surface area contributed by atoms with E-state index >= 15 is 0 Å². The molecule has 128 valence electrons. The van der Waals surface area contributed by atoms with Gasteiger partial charge in [0.1, 0.15) is 0 Å². The highest BCUT2D eigenvalue weighted by Gasteiger charge is 2.51. The number of aromatic nitrogens is 4. The molecule has 1 aliphatic rings. The van der Waals surface area contributed by atoms with Crippen molar-refractivity contribution < 1.29 is 9.31 Å². The Morgan fingerprint density at radius 1 is 1.00 bits per heavy atom. The quantitative estimate of drug-likeness (QED) is 0.672. The maximum absolute atomic E-state index is 6.13. The van der Waals surface area contributed by atoms with Crippen molar-refractivity contribution in [2.45, 2.75) is 38.9 Å². The topological polar surface area (TPSA) is 62.1 Å². The fraction of sp³-hybridized carbons (Fsp3) is 0.389. The smallest absolute Gasteiger partial charge is 0.399 e. The van der Waals surface area contributed by atoms with Gasteiger partial charge in [0.05, 0.1) is 40.3 Å². The van der Waals surface area contributed by atoms with E-state index in [1.807, 2.05) is 59.1 Å². The molecule has 0 N–H and O–H groups in total. The number of aryl methyl sites for hydroxylation is 1. The summed E-state index contributed by atoms with van der Waals surface area (Å²) in [5.41, 5.74) is 3.61. The van der Waals surface area contributed by atoms with Gasteiger partial charge in [-0.15, -0.1) is 0 Å². The molecule has 2 aromatic heterocycles. The Bertz CT molecular complexity index is 935. The van der Waals surface area contributed by atoms with E-state index in [1.54, 1.807) is 17.1 Å². The summed E-state index contributed by atoms with van der Waals surface area (Å²) in [4.78, 5) is 9.25. The van der Waals surface area contributed by atoms with E-state index in [0.29, 0.717) is 0 Å². The SMILES string of the molecule is Cn1cc(-c2cnc3ccc(B4OC(C)(C)C(C)(C)O4)cc3n2)cn1. The summed E-state index contributed by atoms with van der Waals surface area (Å²) in [5, 5.41) is 4.19. The van der Waals surface area contributed by atoms with E-state index < -0.39 is 7.12 Å². The predicted octanol–water partition coefficient (Wildman–Crippen LogP) is 2.33. The zero-order chi connectivity index (χ0) is 17.8. The van der Waals surface area contributed by atoms with Crippen molar-refractivity contribution in [2.75, 3.05) is 0 Å². The highest BCUT2D eigenvalue weighted by Crippen LogP contribution is 2.36. The molecule has 0 bridgehead atoms. The number of nitrogens with zero attached hydrogens (tertiary/aromatic N) is 4. The van der Waals surface area contributed by atoms with Gasteiger partial charge in [-0.2, -0.15) is 5.10 Å². The first-order valence-corrected chi connectivity index (χ1v) is 8.37. The molecule has 1 aromatic carbocycles. The second-order valence-corrected chi connectivity index (χ2v) is 7.49. The van der Waals surface area contributed by atoms with Crippen molar-refractivity contribution in [3.05, 3.63) is 36.8 Å². The van der Waals surface area contributed by atoms with E-state index in [9.17, 15) is 0 Å². The predicted molar refractivity (Wildman–Crippen MR) is 97.5 cm³/mol. The molecule has 0 amide bonds. The van der Waals surface area contributed by atoms with Gasteiger partial charge in [0.2, 0.25) is 0 Å². The largest absolute Gasteiger partial charge is 0.494 e. The molecule has 6 nitrogen and oxygen atoms in total. The van der Waals surface area contributed by atoms with Crippen molar-refractivity contribution in [2.24, 2.45) is 7.05 Å². The van der Waals surface area contributed by atoms with Gasteiger partial charge in [0.15, 0.2) is 0 Å². The molecule has 3 heterocycles. The molecule has 0 radical (unpaired) electrons. The molecule has 0 spiro atoms. The number of hydrogen-bond donors (Lipinski definition) is 0. The van der Waals surface area contributed by atoms with Crippen LogP contribution in [0.25, 0.3) is 22.3 Å². The van der Waals surface area contributed by atoms with Gasteiger partial charge in [-0.1, -0.05) is 6.07 Å². The maximum atomic E-state index is 6.13. The Labute approximate surface area is 147 Å². The Hall–Kier alpha value is -2.25. The van der Waals surface area contributed by atoms with Crippen LogP contribution >= 0.6 is 0 Å². The molecule has 4 rings (SSSR count). The van der Waals surface area contributed by atoms with E-state index in [0.717, 1.165) is 27.8 Å². The average molecular weight is 336 g/mol. The minimum absolute atomic E-state index is 0.365. The minimum Gasteiger partial charge on any atom is -0.399 e. The van der Waals surface area contributed by atoms with Crippen molar-refractivity contribution >= 4 is 23.6 Å². The van der Waals surface area contributed by atoms with Gasteiger partial charge < -0.3 is 9.31 Å². The van der Waals surface area contributed by atoms with Gasteiger partial charge >= 0.3 is 7.12 Å². The van der Waals surface area contributed by atoms with Crippen LogP contribution < -0.4 is 5.46 Å². The molecule has 1 saturated heterocycles. The molecule has 3 aromatic rings. The summed E-state index contributed by atoms with van der Waals surface area (Å²) in [6.07, 6.45) is 5.48. The third-order valence-corrected chi connectivity index (χ3v) is 5.09. The van der Waals surface area contributed by atoms with Gasteiger partial charge in [-0.05, 0) is 45.3 Å². The molecule has 0 atom stereocenters. The van der Waals surface area contributed by atoms with E-state index in [4.69, 9.17) is 14.3 Å². The lowest BCUT2D eigenvalue weighted by molar-refractivity contribution is 0.00578. The summed E-state index contributed by atoms with van der Waals surface area (Å²) < 4.78 is 14.0. The number of hydrogen-bond acceptors (Lipinski definition) is 5. The second-order valence-electron chi connectivity index (χ2n) is 7.49. The lowest BCUT2D eigenvalue weighted by Crippen LogP contribution is -2.41. The van der Waals surface area contributed by atoms with Gasteiger partial charge in [0.25, 0.3) is 0 Å². The first kappa shape index (κ1) is 16.2. The van der Waals surface area contributed by atoms with Crippen molar-refractivity contribution in [3.63, 3.8) is 0 Å². The third kappa shape index (κ3) is 2.73. The molecule has 7 heteroatoms. The first-order valence-electron chi connectivity index (χ1n) is 8.37. The molecule has 0 unspecified atom stereocenters. The average Bonchev–Trinajstić information content (AvgIpc) is 3.07. The lowest BCUT2D eigenvalue weighted by Gasteiger charge is -2.32. The van der Waals surface area contributed by atoms with Crippen LogP contribution in [0.1, 0.15) is 27.7 Å². The summed E-state index contributed by atoms with van der Waals surface area (Å²) >= 11 is 0. The maximum Gasteiger partial charge on any atom is 0.494 e. The molecule has 1 aliphatic heterocycles. The Morgan fingerprint density at radius 3 is 2.36 bits per heavy atom. The Morgan fingerprint density at radius 2 is 1.72 bits per heavy atom. The van der Waals surface area contributed by atoms with Crippen molar-refractivity contribution in [1.82, 2.24) is 19.7 Å².